The van der Waals surface area contributed by atoms with Gasteiger partial charge in [0.15, 0.2) is 0 Å². The Hall–Kier alpha value is -0.440. The molecule has 0 fully saturated rings. The van der Waals surface area contributed by atoms with E-state index in [1.807, 2.05) is 20.8 Å². The molecule has 0 aliphatic carbocycles. The maximum Gasteiger partial charge on any atom is 0.0781 e. The van der Waals surface area contributed by atoms with Gasteiger partial charge in [0.25, 0.3) is 0 Å². The lowest BCUT2D eigenvalue weighted by atomic mass is 10.1. The molecule has 4 unspecified atom stereocenters. The van der Waals surface area contributed by atoms with Crippen molar-refractivity contribution in [2.45, 2.75) is 130 Å². The highest BCUT2D eigenvalue weighted by Gasteiger charge is 2.12. The molecular weight excluding hydrogens is 620 g/mol. The second kappa shape index (κ2) is 39.3. The fourth-order valence-corrected chi connectivity index (χ4v) is 4.56. The van der Waals surface area contributed by atoms with Gasteiger partial charge in [-0.2, -0.15) is 0 Å². The first kappa shape index (κ1) is 47.6. The number of aliphatic hydroxyl groups is 1. The molecular formula is C37H76O11. The van der Waals surface area contributed by atoms with Gasteiger partial charge in [0.2, 0.25) is 0 Å². The predicted octanol–water partition coefficient (Wildman–Crippen LogP) is 6.01. The lowest BCUT2D eigenvalue weighted by Crippen LogP contribution is -2.28. The third-order valence-corrected chi connectivity index (χ3v) is 7.44. The predicted molar refractivity (Wildman–Crippen MR) is 190 cm³/mol. The highest BCUT2D eigenvalue weighted by atomic mass is 16.6. The second-order valence-electron chi connectivity index (χ2n) is 12.5. The number of unbranched alkanes of at least 4 members (excludes halogenated alkanes) is 10. The maximum absolute atomic E-state index is 8.60. The summed E-state index contributed by atoms with van der Waals surface area (Å²) >= 11 is 0. The molecule has 0 aliphatic rings. The first-order valence-electron chi connectivity index (χ1n) is 19.0. The summed E-state index contributed by atoms with van der Waals surface area (Å²) in [7, 11) is 0. The molecule has 0 heterocycles. The summed E-state index contributed by atoms with van der Waals surface area (Å²) < 4.78 is 56.3. The monoisotopic (exact) mass is 697 g/mol. The van der Waals surface area contributed by atoms with Crippen LogP contribution in [0.3, 0.4) is 0 Å². The summed E-state index contributed by atoms with van der Waals surface area (Å²) in [5.74, 6) is 0. The van der Waals surface area contributed by atoms with Crippen LogP contribution in [-0.2, 0) is 47.4 Å². The summed E-state index contributed by atoms with van der Waals surface area (Å²) in [6.45, 7) is 18.7. The Labute approximate surface area is 294 Å². The highest BCUT2D eigenvalue weighted by Crippen LogP contribution is 2.11. The Kier molecular flexibility index (Phi) is 39.0. The van der Waals surface area contributed by atoms with E-state index in [0.717, 1.165) is 13.0 Å². The van der Waals surface area contributed by atoms with Gasteiger partial charge >= 0.3 is 0 Å². The smallest absolute Gasteiger partial charge is 0.0781 e. The minimum absolute atomic E-state index is 0.0125. The molecule has 11 nitrogen and oxygen atoms in total. The lowest BCUT2D eigenvalue weighted by molar-refractivity contribution is -0.0951. The van der Waals surface area contributed by atoms with Crippen LogP contribution >= 0.6 is 0 Å². The Morgan fingerprint density at radius 2 is 0.667 bits per heavy atom. The molecule has 0 aromatic carbocycles. The molecule has 0 spiro atoms. The zero-order chi connectivity index (χ0) is 35.2. The van der Waals surface area contributed by atoms with E-state index in [1.165, 1.54) is 64.2 Å². The molecule has 11 heteroatoms. The molecule has 0 saturated carbocycles. The SMILES string of the molecule is CCCCCCCCCCCCCOCC(C)OCC(C)OCC(C)OCC(C)OCCOCCOCCOCCOCCOCCO. The molecule has 0 aromatic rings. The van der Waals surface area contributed by atoms with Crippen molar-refractivity contribution < 1.29 is 52.5 Å². The van der Waals surface area contributed by atoms with Crippen molar-refractivity contribution in [1.82, 2.24) is 0 Å². The topological polar surface area (TPSA) is 113 Å². The molecule has 1 N–H and O–H groups in total. The summed E-state index contributed by atoms with van der Waals surface area (Å²) in [6.07, 6.45) is 14.8. The van der Waals surface area contributed by atoms with Gasteiger partial charge in [-0.1, -0.05) is 71.1 Å². The van der Waals surface area contributed by atoms with Gasteiger partial charge < -0.3 is 52.5 Å². The van der Waals surface area contributed by atoms with Crippen LogP contribution in [0.1, 0.15) is 105 Å². The number of ether oxygens (including phenoxy) is 10. The largest absolute Gasteiger partial charge is 0.394 e. The Bertz CT molecular complexity index is 602. The Balaban J connectivity index is 3.45. The van der Waals surface area contributed by atoms with Crippen LogP contribution in [0.25, 0.3) is 0 Å². The van der Waals surface area contributed by atoms with Crippen LogP contribution < -0.4 is 0 Å². The standard InChI is InChI=1S/C37H76O11/c1-6-7-8-9-10-11-12-13-14-15-16-18-44-30-34(2)46-32-36(4)48-33-37(5)47-31-35(3)45-29-28-43-27-26-42-25-24-41-23-22-40-21-20-39-19-17-38/h34-38H,6-33H2,1-5H3. The van der Waals surface area contributed by atoms with Crippen LogP contribution in [0.2, 0.25) is 0 Å². The second-order valence-corrected chi connectivity index (χ2v) is 12.5. The van der Waals surface area contributed by atoms with E-state index in [9.17, 15) is 0 Å². The molecule has 4 atom stereocenters. The average Bonchev–Trinajstić information content (AvgIpc) is 3.08. The van der Waals surface area contributed by atoms with Gasteiger partial charge in [-0.05, 0) is 34.1 Å². The third-order valence-electron chi connectivity index (χ3n) is 7.44. The molecule has 0 saturated heterocycles. The minimum atomic E-state index is -0.0352. The van der Waals surface area contributed by atoms with Crippen molar-refractivity contribution in [2.24, 2.45) is 0 Å². The quantitative estimate of drug-likeness (QED) is 0.0759. The summed E-state index contributed by atoms with van der Waals surface area (Å²) in [6, 6.07) is 0. The van der Waals surface area contributed by atoms with Crippen molar-refractivity contribution in [3.05, 3.63) is 0 Å². The normalized spacial score (nSPS) is 14.4. The van der Waals surface area contributed by atoms with E-state index in [1.54, 1.807) is 0 Å². The molecule has 0 aliphatic heterocycles. The fourth-order valence-electron chi connectivity index (χ4n) is 4.56. The van der Waals surface area contributed by atoms with Crippen LogP contribution in [0.5, 0.6) is 0 Å². The van der Waals surface area contributed by atoms with E-state index in [4.69, 9.17) is 52.5 Å². The zero-order valence-electron chi connectivity index (χ0n) is 31.6. The van der Waals surface area contributed by atoms with Gasteiger partial charge in [-0.15, -0.1) is 0 Å². The lowest BCUT2D eigenvalue weighted by Gasteiger charge is -2.21. The van der Waals surface area contributed by atoms with Crippen molar-refractivity contribution in [2.75, 3.05) is 112 Å². The van der Waals surface area contributed by atoms with E-state index < -0.39 is 0 Å². The molecule has 0 radical (unpaired) electrons. The molecule has 290 valence electrons. The zero-order valence-corrected chi connectivity index (χ0v) is 31.6. The van der Waals surface area contributed by atoms with Gasteiger partial charge in [0, 0.05) is 6.61 Å². The average molecular weight is 697 g/mol. The summed E-state index contributed by atoms with van der Waals surface area (Å²) in [5, 5.41) is 8.60. The van der Waals surface area contributed by atoms with E-state index >= 15 is 0 Å². The number of rotatable bonds is 41. The van der Waals surface area contributed by atoms with Crippen molar-refractivity contribution in [3.63, 3.8) is 0 Å². The number of hydrogen-bond donors (Lipinski definition) is 1. The van der Waals surface area contributed by atoms with E-state index in [2.05, 4.69) is 13.8 Å². The van der Waals surface area contributed by atoms with Crippen LogP contribution in [0.4, 0.5) is 0 Å². The van der Waals surface area contributed by atoms with Gasteiger partial charge in [0.1, 0.15) is 0 Å². The van der Waals surface area contributed by atoms with E-state index in [0.29, 0.717) is 99.1 Å². The van der Waals surface area contributed by atoms with Crippen molar-refractivity contribution in [1.29, 1.82) is 0 Å². The molecule has 48 heavy (non-hydrogen) atoms. The molecule has 0 bridgehead atoms. The van der Waals surface area contributed by atoms with Crippen molar-refractivity contribution >= 4 is 0 Å². The number of hydrogen-bond acceptors (Lipinski definition) is 11. The summed E-state index contributed by atoms with van der Waals surface area (Å²) in [4.78, 5) is 0. The maximum atomic E-state index is 8.60. The van der Waals surface area contributed by atoms with Gasteiger partial charge in [-0.3, -0.25) is 0 Å². The highest BCUT2D eigenvalue weighted by molar-refractivity contribution is 4.57. The van der Waals surface area contributed by atoms with Crippen LogP contribution in [0, 0.1) is 0 Å². The minimum Gasteiger partial charge on any atom is -0.394 e. The van der Waals surface area contributed by atoms with Crippen LogP contribution in [-0.4, -0.2) is 142 Å². The van der Waals surface area contributed by atoms with Gasteiger partial charge in [-0.25, -0.2) is 0 Å². The summed E-state index contributed by atoms with van der Waals surface area (Å²) in [5.41, 5.74) is 0. The molecule has 0 aromatic heterocycles. The third kappa shape index (κ3) is 38.4. The number of aliphatic hydroxyl groups excluding tert-OH is 1. The Morgan fingerprint density at radius 3 is 1.08 bits per heavy atom. The van der Waals surface area contributed by atoms with Crippen molar-refractivity contribution in [3.8, 4) is 0 Å². The first-order valence-corrected chi connectivity index (χ1v) is 19.0. The first-order chi connectivity index (χ1) is 23.5. The molecule has 0 amide bonds. The van der Waals surface area contributed by atoms with Gasteiger partial charge in [0.05, 0.1) is 130 Å². The Morgan fingerprint density at radius 1 is 0.333 bits per heavy atom. The molecule has 0 rings (SSSR count). The van der Waals surface area contributed by atoms with Crippen LogP contribution in [0.15, 0.2) is 0 Å². The van der Waals surface area contributed by atoms with E-state index in [-0.39, 0.29) is 31.0 Å². The fraction of sp³-hybridized carbons (Fsp3) is 1.00.